The molecule has 0 saturated carbocycles. The van der Waals surface area contributed by atoms with Crippen molar-refractivity contribution in [3.8, 4) is 0 Å². The molecule has 0 spiro atoms. The number of para-hydroxylation sites is 1. The van der Waals surface area contributed by atoms with E-state index in [2.05, 4.69) is 5.32 Å². The predicted octanol–water partition coefficient (Wildman–Crippen LogP) is 3.62. The molecule has 0 atom stereocenters. The first-order chi connectivity index (χ1) is 11.9. The van der Waals surface area contributed by atoms with Crippen LogP contribution in [-0.4, -0.2) is 27.1 Å². The van der Waals surface area contributed by atoms with Crippen molar-refractivity contribution in [2.75, 3.05) is 17.6 Å². The average Bonchev–Trinajstić information content (AvgIpc) is 2.58. The van der Waals surface area contributed by atoms with Crippen LogP contribution in [-0.2, 0) is 0 Å². The van der Waals surface area contributed by atoms with Crippen molar-refractivity contribution in [2.24, 2.45) is 0 Å². The van der Waals surface area contributed by atoms with Crippen LogP contribution in [0.5, 0.6) is 0 Å². The molecule has 2 aromatic rings. The summed E-state index contributed by atoms with van der Waals surface area (Å²) in [4.78, 5) is 30.3. The molecule has 2 aromatic carbocycles. The Morgan fingerprint density at radius 3 is 1.92 bits per heavy atom. The first kappa shape index (κ1) is 18.1. The van der Waals surface area contributed by atoms with Crippen LogP contribution in [0.3, 0.4) is 0 Å². The molecular formula is C14H12N4O6S. The summed E-state index contributed by atoms with van der Waals surface area (Å²) in [6, 6.07) is 10.7. The van der Waals surface area contributed by atoms with Crippen LogP contribution < -0.4 is 5.32 Å². The normalized spacial score (nSPS) is 10.2. The Morgan fingerprint density at radius 2 is 1.44 bits per heavy atom. The van der Waals surface area contributed by atoms with Crippen molar-refractivity contribution in [3.05, 3.63) is 72.8 Å². The van der Waals surface area contributed by atoms with E-state index >= 15 is 0 Å². The van der Waals surface area contributed by atoms with Gasteiger partial charge < -0.3 is 5.32 Å². The van der Waals surface area contributed by atoms with Crippen LogP contribution in [0.2, 0.25) is 0 Å². The van der Waals surface area contributed by atoms with Gasteiger partial charge in [0.2, 0.25) is 0 Å². The number of benzene rings is 2. The highest BCUT2D eigenvalue weighted by Crippen LogP contribution is 2.40. The van der Waals surface area contributed by atoms with Gasteiger partial charge in [-0.2, -0.15) is 0 Å². The third-order valence-electron chi connectivity index (χ3n) is 3.09. The number of hydrogen-bond acceptors (Lipinski definition) is 8. The molecule has 0 unspecified atom stereocenters. The maximum atomic E-state index is 11.2. The number of anilines is 1. The van der Waals surface area contributed by atoms with Crippen molar-refractivity contribution in [1.29, 1.82) is 0 Å². The second-order valence-corrected chi connectivity index (χ2v) is 5.83. The Bertz CT molecular complexity index is 779. The summed E-state index contributed by atoms with van der Waals surface area (Å²) in [5.74, 6) is 0.300. The van der Waals surface area contributed by atoms with Crippen LogP contribution in [0.15, 0.2) is 47.4 Å². The lowest BCUT2D eigenvalue weighted by Crippen LogP contribution is -2.05. The van der Waals surface area contributed by atoms with Gasteiger partial charge in [-0.25, -0.2) is 0 Å². The van der Waals surface area contributed by atoms with E-state index in [9.17, 15) is 30.3 Å². The van der Waals surface area contributed by atoms with E-state index in [1.807, 2.05) is 30.3 Å². The summed E-state index contributed by atoms with van der Waals surface area (Å²) in [7, 11) is 0. The molecule has 1 N–H and O–H groups in total. The summed E-state index contributed by atoms with van der Waals surface area (Å²) in [6.07, 6.45) is 0. The monoisotopic (exact) mass is 364 g/mol. The molecule has 2 rings (SSSR count). The molecule has 0 aliphatic heterocycles. The minimum absolute atomic E-state index is 0.199. The van der Waals surface area contributed by atoms with Crippen LogP contribution in [0.4, 0.5) is 22.7 Å². The smallest absolute Gasteiger partial charge is 0.296 e. The number of non-ortho nitro benzene ring substituents is 1. The fourth-order valence-electron chi connectivity index (χ4n) is 2.01. The lowest BCUT2D eigenvalue weighted by atomic mass is 10.2. The Hall–Kier alpha value is -3.21. The van der Waals surface area contributed by atoms with Crippen LogP contribution in [0.1, 0.15) is 0 Å². The third-order valence-corrected chi connectivity index (χ3v) is 4.21. The van der Waals surface area contributed by atoms with E-state index in [0.29, 0.717) is 12.3 Å². The summed E-state index contributed by atoms with van der Waals surface area (Å²) >= 11 is 0.902. The van der Waals surface area contributed by atoms with Gasteiger partial charge in [0.25, 0.3) is 17.1 Å². The summed E-state index contributed by atoms with van der Waals surface area (Å²) in [6.45, 7) is 0.403. The highest BCUT2D eigenvalue weighted by molar-refractivity contribution is 7.99. The van der Waals surface area contributed by atoms with E-state index in [-0.39, 0.29) is 4.90 Å². The van der Waals surface area contributed by atoms with Crippen molar-refractivity contribution >= 4 is 34.5 Å². The molecule has 0 bridgehead atoms. The molecule has 130 valence electrons. The van der Waals surface area contributed by atoms with Gasteiger partial charge in [-0.3, -0.25) is 30.3 Å². The molecule has 0 fully saturated rings. The second-order valence-electron chi connectivity index (χ2n) is 4.73. The Balaban J connectivity index is 2.21. The molecular weight excluding hydrogens is 352 g/mol. The molecule has 0 saturated heterocycles. The molecule has 0 heterocycles. The molecule has 0 amide bonds. The number of rotatable bonds is 8. The highest BCUT2D eigenvalue weighted by atomic mass is 32.2. The van der Waals surface area contributed by atoms with Gasteiger partial charge >= 0.3 is 0 Å². The third kappa shape index (κ3) is 4.64. The fourth-order valence-corrected chi connectivity index (χ4v) is 2.98. The number of nitrogens with one attached hydrogen (secondary N) is 1. The molecule has 0 aliphatic rings. The lowest BCUT2D eigenvalue weighted by molar-refractivity contribution is -0.407. The average molecular weight is 364 g/mol. The van der Waals surface area contributed by atoms with Crippen molar-refractivity contribution < 1.29 is 14.8 Å². The van der Waals surface area contributed by atoms with Gasteiger partial charge in [0.05, 0.1) is 26.9 Å². The number of nitro groups is 3. The molecule has 10 nitrogen and oxygen atoms in total. The topological polar surface area (TPSA) is 141 Å². The largest absolute Gasteiger partial charge is 0.384 e. The zero-order valence-corrected chi connectivity index (χ0v) is 13.5. The quantitative estimate of drug-likeness (QED) is 0.324. The first-order valence-corrected chi connectivity index (χ1v) is 7.91. The number of hydrogen-bond donors (Lipinski definition) is 1. The Kier molecular flexibility index (Phi) is 5.84. The van der Waals surface area contributed by atoms with E-state index in [1.54, 1.807) is 0 Å². The Labute approximate surface area is 145 Å². The molecule has 0 aromatic heterocycles. The minimum atomic E-state index is -0.897. The number of thioether (sulfide) groups is 1. The van der Waals surface area contributed by atoms with Gasteiger partial charge in [-0.1, -0.05) is 18.2 Å². The standard InChI is InChI=1S/C14H12N4O6S/c19-16(20)11-8-12(17(21)22)14(13(9-11)18(23)24)25-7-6-15-10-4-2-1-3-5-10/h1-5,8-9,15H,6-7H2. The van der Waals surface area contributed by atoms with Gasteiger partial charge in [0.1, 0.15) is 0 Å². The summed E-state index contributed by atoms with van der Waals surface area (Å²) in [5.41, 5.74) is -1.14. The molecule has 0 aliphatic carbocycles. The number of nitrogens with zero attached hydrogens (tertiary/aromatic N) is 3. The molecule has 11 heteroatoms. The predicted molar refractivity (Wildman–Crippen MR) is 92.1 cm³/mol. The van der Waals surface area contributed by atoms with Crippen LogP contribution >= 0.6 is 11.8 Å². The number of nitro benzene ring substituents is 3. The second kappa shape index (κ2) is 8.06. The van der Waals surface area contributed by atoms with Crippen LogP contribution in [0.25, 0.3) is 0 Å². The summed E-state index contributed by atoms with van der Waals surface area (Å²) < 4.78 is 0. The van der Waals surface area contributed by atoms with Gasteiger partial charge in [0.15, 0.2) is 4.90 Å². The van der Waals surface area contributed by atoms with E-state index < -0.39 is 31.8 Å². The first-order valence-electron chi connectivity index (χ1n) is 6.93. The van der Waals surface area contributed by atoms with Gasteiger partial charge in [-0.05, 0) is 12.1 Å². The van der Waals surface area contributed by atoms with Crippen LogP contribution in [0, 0.1) is 30.3 Å². The lowest BCUT2D eigenvalue weighted by Gasteiger charge is -2.07. The van der Waals surface area contributed by atoms with E-state index in [1.165, 1.54) is 0 Å². The maximum Gasteiger partial charge on any atom is 0.296 e. The Morgan fingerprint density at radius 1 is 0.880 bits per heavy atom. The van der Waals surface area contributed by atoms with E-state index in [4.69, 9.17) is 0 Å². The van der Waals surface area contributed by atoms with E-state index in [0.717, 1.165) is 29.6 Å². The molecule has 0 radical (unpaired) electrons. The molecule has 25 heavy (non-hydrogen) atoms. The fraction of sp³-hybridized carbons (Fsp3) is 0.143. The van der Waals surface area contributed by atoms with Gasteiger partial charge in [0, 0.05) is 18.0 Å². The van der Waals surface area contributed by atoms with Crippen molar-refractivity contribution in [3.63, 3.8) is 0 Å². The van der Waals surface area contributed by atoms with Crippen molar-refractivity contribution in [2.45, 2.75) is 4.90 Å². The zero-order valence-electron chi connectivity index (χ0n) is 12.7. The maximum absolute atomic E-state index is 11.2. The zero-order chi connectivity index (χ0) is 18.4. The summed E-state index contributed by atoms with van der Waals surface area (Å²) in [5, 5.41) is 36.2. The SMILES string of the molecule is O=[N+]([O-])c1cc([N+](=O)[O-])c(SCCNc2ccccc2)c([N+](=O)[O-])c1. The highest BCUT2D eigenvalue weighted by Gasteiger charge is 2.30. The minimum Gasteiger partial charge on any atom is -0.384 e. The van der Waals surface area contributed by atoms with Gasteiger partial charge in [-0.15, -0.1) is 11.8 Å². The van der Waals surface area contributed by atoms with Crippen molar-refractivity contribution in [1.82, 2.24) is 0 Å².